The lowest BCUT2D eigenvalue weighted by atomic mass is 10.2. The molecule has 0 unspecified atom stereocenters. The van der Waals surface area contributed by atoms with Crippen LogP contribution in [0, 0.1) is 0 Å². The second-order valence-electron chi connectivity index (χ2n) is 3.92. The number of hydrogen-bond donors (Lipinski definition) is 0. The van der Waals surface area contributed by atoms with Crippen molar-refractivity contribution in [3.8, 4) is 0 Å². The first-order chi connectivity index (χ1) is 9.08. The number of rotatable bonds is 5. The van der Waals surface area contributed by atoms with Crippen LogP contribution >= 0.6 is 23.2 Å². The number of carbonyl (C=O) groups is 1. The Kier molecular flexibility index (Phi) is 9.72. The van der Waals surface area contributed by atoms with Crippen molar-refractivity contribution < 1.29 is 4.79 Å². The average molecular weight is 304 g/mol. The largest absolute Gasteiger partial charge is 0.338 e. The van der Waals surface area contributed by atoms with E-state index >= 15 is 0 Å². The zero-order chi connectivity index (χ0) is 14.8. The van der Waals surface area contributed by atoms with Gasteiger partial charge < -0.3 is 4.90 Å². The molecule has 1 amide bonds. The summed E-state index contributed by atoms with van der Waals surface area (Å²) < 4.78 is 0. The number of carbonyl (C=O) groups excluding carboxylic acids is 1. The van der Waals surface area contributed by atoms with Crippen LogP contribution in [0.1, 0.15) is 46.1 Å². The minimum Gasteiger partial charge on any atom is -0.338 e. The lowest BCUT2D eigenvalue weighted by Gasteiger charge is -2.21. The van der Waals surface area contributed by atoms with Crippen LogP contribution in [0.4, 0.5) is 0 Å². The van der Waals surface area contributed by atoms with E-state index in [1.54, 1.807) is 6.07 Å². The Labute approximate surface area is 126 Å². The molecule has 1 aromatic rings. The summed E-state index contributed by atoms with van der Waals surface area (Å²) in [7, 11) is 0. The lowest BCUT2D eigenvalue weighted by Crippen LogP contribution is -2.30. The van der Waals surface area contributed by atoms with Crippen molar-refractivity contribution in [1.82, 2.24) is 4.90 Å². The van der Waals surface area contributed by atoms with Crippen LogP contribution in [0.5, 0.6) is 0 Å². The summed E-state index contributed by atoms with van der Waals surface area (Å²) in [5, 5.41) is 1.07. The number of hydrogen-bond acceptors (Lipinski definition) is 1. The lowest BCUT2D eigenvalue weighted by molar-refractivity contribution is -0.131. The molecule has 0 aromatic heterocycles. The molecule has 0 atom stereocenters. The molecule has 0 aliphatic carbocycles. The highest BCUT2D eigenvalue weighted by Crippen LogP contribution is 2.23. The summed E-state index contributed by atoms with van der Waals surface area (Å²) in [6, 6.07) is 5.48. The molecule has 0 spiro atoms. The molecule has 0 heterocycles. The second-order valence-corrected chi connectivity index (χ2v) is 4.73. The normalized spacial score (nSPS) is 9.58. The van der Waals surface area contributed by atoms with E-state index in [2.05, 4.69) is 6.92 Å². The van der Waals surface area contributed by atoms with Gasteiger partial charge in [-0.05, 0) is 24.1 Å². The van der Waals surface area contributed by atoms with Gasteiger partial charge in [0, 0.05) is 19.5 Å². The fraction of sp³-hybridized carbons (Fsp3) is 0.533. The topological polar surface area (TPSA) is 20.3 Å². The SMILES string of the molecule is CC.CCCN(Cc1ccc(Cl)c(Cl)c1)C(=O)CC. The highest BCUT2D eigenvalue weighted by Gasteiger charge is 2.11. The van der Waals surface area contributed by atoms with Gasteiger partial charge in [0.05, 0.1) is 10.0 Å². The van der Waals surface area contributed by atoms with Gasteiger partial charge in [-0.1, -0.05) is 57.0 Å². The summed E-state index contributed by atoms with van der Waals surface area (Å²) in [6.07, 6.45) is 1.48. The molecule has 1 rings (SSSR count). The summed E-state index contributed by atoms with van der Waals surface area (Å²) in [5.41, 5.74) is 1.01. The highest BCUT2D eigenvalue weighted by molar-refractivity contribution is 6.42. The van der Waals surface area contributed by atoms with E-state index in [1.165, 1.54) is 0 Å². The van der Waals surface area contributed by atoms with Crippen LogP contribution in [0.3, 0.4) is 0 Å². The minimum atomic E-state index is 0.165. The quantitative estimate of drug-likeness (QED) is 0.735. The van der Waals surface area contributed by atoms with Gasteiger partial charge in [0.1, 0.15) is 0 Å². The summed E-state index contributed by atoms with van der Waals surface area (Å²) in [6.45, 7) is 9.30. The van der Waals surface area contributed by atoms with Crippen LogP contribution < -0.4 is 0 Å². The number of amides is 1. The zero-order valence-electron chi connectivity index (χ0n) is 12.2. The van der Waals surface area contributed by atoms with Gasteiger partial charge in [0.15, 0.2) is 0 Å². The molecule has 19 heavy (non-hydrogen) atoms. The van der Waals surface area contributed by atoms with Gasteiger partial charge in [-0.25, -0.2) is 0 Å². The summed E-state index contributed by atoms with van der Waals surface area (Å²) >= 11 is 11.8. The minimum absolute atomic E-state index is 0.165. The van der Waals surface area contributed by atoms with E-state index in [-0.39, 0.29) is 5.91 Å². The molecular formula is C15H23Cl2NO. The third kappa shape index (κ3) is 6.31. The predicted octanol–water partition coefficient (Wildman–Crippen LogP) is 5.17. The van der Waals surface area contributed by atoms with Crippen molar-refractivity contribution in [3.05, 3.63) is 33.8 Å². The Bertz CT molecular complexity index is 394. The Morgan fingerprint density at radius 3 is 2.26 bits per heavy atom. The highest BCUT2D eigenvalue weighted by atomic mass is 35.5. The number of benzene rings is 1. The number of halogens is 2. The molecule has 0 aliphatic heterocycles. The van der Waals surface area contributed by atoms with Gasteiger partial charge in [-0.15, -0.1) is 0 Å². The zero-order valence-corrected chi connectivity index (χ0v) is 13.7. The fourth-order valence-electron chi connectivity index (χ4n) is 1.64. The van der Waals surface area contributed by atoms with Crippen molar-refractivity contribution in [2.75, 3.05) is 6.54 Å². The van der Waals surface area contributed by atoms with E-state index in [0.717, 1.165) is 18.5 Å². The molecule has 108 valence electrons. The Morgan fingerprint density at radius 2 is 1.79 bits per heavy atom. The van der Waals surface area contributed by atoms with Crippen LogP contribution in [0.2, 0.25) is 10.0 Å². The van der Waals surface area contributed by atoms with Crippen LogP contribution in [0.15, 0.2) is 18.2 Å². The van der Waals surface area contributed by atoms with E-state index in [0.29, 0.717) is 23.0 Å². The molecule has 0 saturated carbocycles. The van der Waals surface area contributed by atoms with Gasteiger partial charge in [-0.3, -0.25) is 4.79 Å². The fourth-order valence-corrected chi connectivity index (χ4v) is 1.96. The van der Waals surface area contributed by atoms with Crippen LogP contribution in [0.25, 0.3) is 0 Å². The molecule has 0 bridgehead atoms. The van der Waals surface area contributed by atoms with E-state index in [9.17, 15) is 4.79 Å². The van der Waals surface area contributed by atoms with Gasteiger partial charge in [0.2, 0.25) is 5.91 Å². The third-order valence-electron chi connectivity index (χ3n) is 2.51. The summed E-state index contributed by atoms with van der Waals surface area (Å²) in [4.78, 5) is 13.6. The van der Waals surface area contributed by atoms with Crippen LogP contribution in [-0.4, -0.2) is 17.4 Å². The molecular weight excluding hydrogens is 281 g/mol. The molecule has 0 radical (unpaired) electrons. The standard InChI is InChI=1S/C13H17Cl2NO.C2H6/c1-3-7-16(13(17)4-2)9-10-5-6-11(14)12(15)8-10;1-2/h5-6,8H,3-4,7,9H2,1-2H3;1-2H3. The number of nitrogens with zero attached hydrogens (tertiary/aromatic N) is 1. The molecule has 0 aliphatic rings. The second kappa shape index (κ2) is 10.1. The first-order valence-electron chi connectivity index (χ1n) is 6.80. The molecule has 0 saturated heterocycles. The van der Waals surface area contributed by atoms with E-state index in [4.69, 9.17) is 23.2 Å². The van der Waals surface area contributed by atoms with E-state index < -0.39 is 0 Å². The molecule has 0 fully saturated rings. The Morgan fingerprint density at radius 1 is 1.16 bits per heavy atom. The Hall–Kier alpha value is -0.730. The monoisotopic (exact) mass is 303 g/mol. The van der Waals surface area contributed by atoms with Crippen molar-refractivity contribution in [1.29, 1.82) is 0 Å². The van der Waals surface area contributed by atoms with Crippen molar-refractivity contribution in [2.45, 2.75) is 47.1 Å². The summed E-state index contributed by atoms with van der Waals surface area (Å²) in [5.74, 6) is 0.165. The van der Waals surface area contributed by atoms with Crippen LogP contribution in [-0.2, 0) is 11.3 Å². The smallest absolute Gasteiger partial charge is 0.222 e. The van der Waals surface area contributed by atoms with Crippen molar-refractivity contribution in [3.63, 3.8) is 0 Å². The molecule has 4 heteroatoms. The predicted molar refractivity (Wildman–Crippen MR) is 83.8 cm³/mol. The third-order valence-corrected chi connectivity index (χ3v) is 3.25. The maximum Gasteiger partial charge on any atom is 0.222 e. The Balaban J connectivity index is 0.00000154. The van der Waals surface area contributed by atoms with Crippen molar-refractivity contribution in [2.24, 2.45) is 0 Å². The molecule has 0 N–H and O–H groups in total. The molecule has 1 aromatic carbocycles. The van der Waals surface area contributed by atoms with Gasteiger partial charge in [0.25, 0.3) is 0 Å². The average Bonchev–Trinajstić information content (AvgIpc) is 2.43. The maximum absolute atomic E-state index is 11.7. The van der Waals surface area contributed by atoms with Crippen molar-refractivity contribution >= 4 is 29.1 Å². The van der Waals surface area contributed by atoms with Gasteiger partial charge >= 0.3 is 0 Å². The molecule has 2 nitrogen and oxygen atoms in total. The van der Waals surface area contributed by atoms with E-state index in [1.807, 2.05) is 37.8 Å². The first-order valence-corrected chi connectivity index (χ1v) is 7.55. The first kappa shape index (κ1) is 18.3. The maximum atomic E-state index is 11.7. The van der Waals surface area contributed by atoms with Gasteiger partial charge in [-0.2, -0.15) is 0 Å².